The van der Waals surface area contributed by atoms with Gasteiger partial charge in [-0.2, -0.15) is 18.2 Å². The van der Waals surface area contributed by atoms with Crippen LogP contribution in [0.2, 0.25) is 0 Å². The number of anilines is 2. The molecular weight excluding hydrogens is 383 g/mol. The zero-order valence-corrected chi connectivity index (χ0v) is 16.9. The van der Waals surface area contributed by atoms with E-state index in [-0.39, 0.29) is 24.0 Å². The molecule has 1 aliphatic rings. The van der Waals surface area contributed by atoms with E-state index in [1.54, 1.807) is 31.3 Å². The first-order chi connectivity index (χ1) is 13.8. The molecule has 8 heteroatoms. The van der Waals surface area contributed by atoms with Crippen molar-refractivity contribution in [1.82, 2.24) is 9.97 Å². The Hall–Kier alpha value is -2.51. The Kier molecular flexibility index (Phi) is 6.49. The SMILES string of the molecule is CCC(C)Oc1cccc(N(C)c2nc(OC3CCCC3)ncc2C(F)(F)F)c1. The van der Waals surface area contributed by atoms with Crippen molar-refractivity contribution in [3.05, 3.63) is 36.0 Å². The van der Waals surface area contributed by atoms with Gasteiger partial charge in [0.2, 0.25) is 0 Å². The summed E-state index contributed by atoms with van der Waals surface area (Å²) in [5.74, 6) is 0.343. The highest BCUT2D eigenvalue weighted by Gasteiger charge is 2.37. The average Bonchev–Trinajstić information content (AvgIpc) is 3.19. The first-order valence-corrected chi connectivity index (χ1v) is 9.89. The number of halogens is 3. The zero-order chi connectivity index (χ0) is 21.0. The summed E-state index contributed by atoms with van der Waals surface area (Å²) < 4.78 is 52.3. The minimum Gasteiger partial charge on any atom is -0.491 e. The predicted molar refractivity (Wildman–Crippen MR) is 105 cm³/mol. The van der Waals surface area contributed by atoms with Crippen molar-refractivity contribution in [2.45, 2.75) is 64.3 Å². The van der Waals surface area contributed by atoms with Crippen LogP contribution in [0.4, 0.5) is 24.7 Å². The van der Waals surface area contributed by atoms with Gasteiger partial charge in [0.05, 0.1) is 6.10 Å². The highest BCUT2D eigenvalue weighted by atomic mass is 19.4. The van der Waals surface area contributed by atoms with Gasteiger partial charge < -0.3 is 14.4 Å². The molecular formula is C21H26F3N3O2. The van der Waals surface area contributed by atoms with Crippen LogP contribution in [0.3, 0.4) is 0 Å². The molecule has 0 saturated heterocycles. The molecule has 0 aliphatic heterocycles. The lowest BCUT2D eigenvalue weighted by molar-refractivity contribution is -0.137. The number of aromatic nitrogens is 2. The van der Waals surface area contributed by atoms with Gasteiger partial charge in [0.15, 0.2) is 5.82 Å². The largest absolute Gasteiger partial charge is 0.491 e. The fourth-order valence-corrected chi connectivity index (χ4v) is 3.23. The molecule has 2 aromatic rings. The predicted octanol–water partition coefficient (Wildman–Crippen LogP) is 5.76. The Labute approximate surface area is 168 Å². The number of nitrogens with zero attached hydrogens (tertiary/aromatic N) is 3. The molecule has 158 valence electrons. The second kappa shape index (κ2) is 8.88. The summed E-state index contributed by atoms with van der Waals surface area (Å²) in [5.41, 5.74) is -0.381. The molecule has 0 radical (unpaired) electrons. The van der Waals surface area contributed by atoms with E-state index in [1.165, 1.54) is 4.90 Å². The average molecular weight is 409 g/mol. The third-order valence-electron chi connectivity index (χ3n) is 5.06. The van der Waals surface area contributed by atoms with Gasteiger partial charge in [-0.25, -0.2) is 4.98 Å². The topological polar surface area (TPSA) is 47.5 Å². The Morgan fingerprint density at radius 3 is 2.62 bits per heavy atom. The van der Waals surface area contributed by atoms with Crippen LogP contribution in [0.15, 0.2) is 30.5 Å². The number of benzene rings is 1. The van der Waals surface area contributed by atoms with E-state index in [9.17, 15) is 13.2 Å². The van der Waals surface area contributed by atoms with E-state index >= 15 is 0 Å². The van der Waals surface area contributed by atoms with Crippen LogP contribution in [0.5, 0.6) is 11.8 Å². The molecule has 1 unspecified atom stereocenters. The van der Waals surface area contributed by atoms with Crippen LogP contribution in [-0.4, -0.2) is 29.2 Å². The maximum Gasteiger partial charge on any atom is 0.421 e. The monoisotopic (exact) mass is 409 g/mol. The molecule has 0 spiro atoms. The number of hydrogen-bond donors (Lipinski definition) is 0. The Balaban J connectivity index is 1.92. The molecule has 0 bridgehead atoms. The highest BCUT2D eigenvalue weighted by Crippen LogP contribution is 2.38. The van der Waals surface area contributed by atoms with E-state index in [1.807, 2.05) is 13.8 Å². The lowest BCUT2D eigenvalue weighted by Crippen LogP contribution is -2.21. The summed E-state index contributed by atoms with van der Waals surface area (Å²) in [6, 6.07) is 6.91. The molecule has 3 rings (SSSR count). The molecule has 1 saturated carbocycles. The van der Waals surface area contributed by atoms with Crippen molar-refractivity contribution >= 4 is 11.5 Å². The van der Waals surface area contributed by atoms with Crippen molar-refractivity contribution in [3.8, 4) is 11.8 Å². The van der Waals surface area contributed by atoms with Gasteiger partial charge in [0.25, 0.3) is 0 Å². The summed E-state index contributed by atoms with van der Waals surface area (Å²) in [4.78, 5) is 9.31. The van der Waals surface area contributed by atoms with Crippen molar-refractivity contribution < 1.29 is 22.6 Å². The number of hydrogen-bond acceptors (Lipinski definition) is 5. The van der Waals surface area contributed by atoms with Crippen molar-refractivity contribution in [2.24, 2.45) is 0 Å². The minimum atomic E-state index is -4.58. The lowest BCUT2D eigenvalue weighted by atomic mass is 10.2. The van der Waals surface area contributed by atoms with Crippen LogP contribution in [-0.2, 0) is 6.18 Å². The molecule has 1 heterocycles. The highest BCUT2D eigenvalue weighted by molar-refractivity contribution is 5.64. The summed E-state index contributed by atoms with van der Waals surface area (Å²) >= 11 is 0. The van der Waals surface area contributed by atoms with E-state index in [4.69, 9.17) is 9.47 Å². The summed E-state index contributed by atoms with van der Waals surface area (Å²) in [7, 11) is 1.54. The van der Waals surface area contributed by atoms with E-state index in [2.05, 4.69) is 9.97 Å². The number of rotatable bonds is 7. The molecule has 1 fully saturated rings. The van der Waals surface area contributed by atoms with E-state index in [0.717, 1.165) is 38.3 Å². The molecule has 0 N–H and O–H groups in total. The van der Waals surface area contributed by atoms with Gasteiger partial charge in [-0.15, -0.1) is 0 Å². The van der Waals surface area contributed by atoms with Crippen molar-refractivity contribution in [3.63, 3.8) is 0 Å². The minimum absolute atomic E-state index is 0.00626. The third kappa shape index (κ3) is 5.31. The van der Waals surface area contributed by atoms with Crippen LogP contribution < -0.4 is 14.4 Å². The molecule has 5 nitrogen and oxygen atoms in total. The van der Waals surface area contributed by atoms with Crippen molar-refractivity contribution in [1.29, 1.82) is 0 Å². The summed E-state index contributed by atoms with van der Waals surface area (Å²) in [6.07, 6.45) is 0.815. The zero-order valence-electron chi connectivity index (χ0n) is 16.9. The second-order valence-corrected chi connectivity index (χ2v) is 7.31. The molecule has 1 aliphatic carbocycles. The third-order valence-corrected chi connectivity index (χ3v) is 5.06. The molecule has 1 aromatic carbocycles. The Morgan fingerprint density at radius 1 is 1.24 bits per heavy atom. The van der Waals surface area contributed by atoms with Gasteiger partial charge in [0, 0.05) is 25.0 Å². The van der Waals surface area contributed by atoms with Gasteiger partial charge in [-0.05, 0) is 51.2 Å². The summed E-state index contributed by atoms with van der Waals surface area (Å²) in [6.45, 7) is 3.94. The number of alkyl halides is 3. The van der Waals surface area contributed by atoms with Gasteiger partial charge in [-0.1, -0.05) is 13.0 Å². The first kappa shape index (κ1) is 21.2. The van der Waals surface area contributed by atoms with Crippen LogP contribution in [0.1, 0.15) is 51.5 Å². The van der Waals surface area contributed by atoms with Crippen molar-refractivity contribution in [2.75, 3.05) is 11.9 Å². The molecule has 1 aromatic heterocycles. The molecule has 1 atom stereocenters. The standard InChI is InChI=1S/C21H26F3N3O2/c1-4-14(2)28-17-11-7-8-15(12-17)27(3)19-18(21(22,23)24)13-25-20(26-19)29-16-9-5-6-10-16/h7-8,11-14,16H,4-6,9-10H2,1-3H3. The van der Waals surface area contributed by atoms with Crippen LogP contribution in [0.25, 0.3) is 0 Å². The Bertz CT molecular complexity index is 823. The summed E-state index contributed by atoms with van der Waals surface area (Å²) in [5, 5.41) is 0. The molecule has 0 amide bonds. The molecule has 29 heavy (non-hydrogen) atoms. The van der Waals surface area contributed by atoms with E-state index < -0.39 is 11.7 Å². The smallest absolute Gasteiger partial charge is 0.421 e. The van der Waals surface area contributed by atoms with Gasteiger partial charge >= 0.3 is 12.2 Å². The fraction of sp³-hybridized carbons (Fsp3) is 0.524. The van der Waals surface area contributed by atoms with Crippen LogP contribution >= 0.6 is 0 Å². The fourth-order valence-electron chi connectivity index (χ4n) is 3.23. The lowest BCUT2D eigenvalue weighted by Gasteiger charge is -2.24. The van der Waals surface area contributed by atoms with Gasteiger partial charge in [-0.3, -0.25) is 0 Å². The quantitative estimate of drug-likeness (QED) is 0.582. The second-order valence-electron chi connectivity index (χ2n) is 7.31. The van der Waals surface area contributed by atoms with Gasteiger partial charge in [0.1, 0.15) is 17.4 Å². The van der Waals surface area contributed by atoms with E-state index in [0.29, 0.717) is 11.4 Å². The van der Waals surface area contributed by atoms with Crippen LogP contribution in [0, 0.1) is 0 Å². The Morgan fingerprint density at radius 2 is 1.97 bits per heavy atom. The normalized spacial score (nSPS) is 15.9. The first-order valence-electron chi connectivity index (χ1n) is 9.89. The number of ether oxygens (including phenoxy) is 2. The maximum absolute atomic E-state index is 13.6. The maximum atomic E-state index is 13.6.